The van der Waals surface area contributed by atoms with E-state index in [0.29, 0.717) is 34.2 Å². The zero-order valence-corrected chi connectivity index (χ0v) is 18.2. The first-order chi connectivity index (χ1) is 15.3. The van der Waals surface area contributed by atoms with Crippen molar-refractivity contribution in [1.82, 2.24) is 0 Å². The smallest absolute Gasteiger partial charge is 0.300 e. The number of ether oxygens (including phenoxy) is 1. The molecule has 1 N–H and O–H groups in total. The molecule has 0 radical (unpaired) electrons. The van der Waals surface area contributed by atoms with Gasteiger partial charge in [-0.25, -0.2) is 0 Å². The Morgan fingerprint density at radius 1 is 1.12 bits per heavy atom. The maximum Gasteiger partial charge on any atom is 0.300 e. The van der Waals surface area contributed by atoms with E-state index >= 15 is 0 Å². The second-order valence-electron chi connectivity index (χ2n) is 8.05. The van der Waals surface area contributed by atoms with Crippen molar-refractivity contribution in [3.63, 3.8) is 0 Å². The summed E-state index contributed by atoms with van der Waals surface area (Å²) in [6.45, 7) is 3.74. The lowest BCUT2D eigenvalue weighted by atomic mass is 9.97. The standard InChI is InChI=1S/C25H20ClNO5/c1-13-6-8-20(31-13)22-21(23(28)15-7-9-19-16(11-15)10-14(2)32-19)24(29)25(30)27(22)18-5-3-4-17(26)12-18/h3-9,11-12,14,22,28H,10H2,1-2H3/b23-21-. The first-order valence-electron chi connectivity index (χ1n) is 10.3. The number of amides is 1. The zero-order valence-electron chi connectivity index (χ0n) is 17.5. The molecule has 6 nitrogen and oxygen atoms in total. The van der Waals surface area contributed by atoms with E-state index in [2.05, 4.69) is 0 Å². The highest BCUT2D eigenvalue weighted by Crippen LogP contribution is 2.43. The van der Waals surface area contributed by atoms with E-state index in [1.54, 1.807) is 61.5 Å². The summed E-state index contributed by atoms with van der Waals surface area (Å²) >= 11 is 6.15. The summed E-state index contributed by atoms with van der Waals surface area (Å²) in [7, 11) is 0. The number of Topliss-reactive ketones (excluding diaryl/α,β-unsaturated/α-hetero) is 1. The summed E-state index contributed by atoms with van der Waals surface area (Å²) < 4.78 is 11.5. The second kappa shape index (κ2) is 7.57. The van der Waals surface area contributed by atoms with Crippen molar-refractivity contribution in [3.05, 3.63) is 87.8 Å². The number of aryl methyl sites for hydroxylation is 1. The Bertz CT molecular complexity index is 1290. The maximum absolute atomic E-state index is 13.2. The van der Waals surface area contributed by atoms with Crippen LogP contribution in [0.2, 0.25) is 5.02 Å². The fourth-order valence-corrected chi connectivity index (χ4v) is 4.50. The zero-order chi connectivity index (χ0) is 22.6. The predicted molar refractivity (Wildman–Crippen MR) is 120 cm³/mol. The Kier molecular flexibility index (Phi) is 4.82. The van der Waals surface area contributed by atoms with Gasteiger partial charge in [-0.2, -0.15) is 0 Å². The Hall–Kier alpha value is -3.51. The molecule has 0 saturated carbocycles. The summed E-state index contributed by atoms with van der Waals surface area (Å²) in [4.78, 5) is 27.6. The minimum atomic E-state index is -0.925. The summed E-state index contributed by atoms with van der Waals surface area (Å²) in [6.07, 6.45) is 0.746. The van der Waals surface area contributed by atoms with Crippen molar-refractivity contribution >= 4 is 34.7 Å². The number of carbonyl (C=O) groups is 2. The fraction of sp³-hybridized carbons (Fsp3) is 0.200. The van der Waals surface area contributed by atoms with Crippen molar-refractivity contribution in [2.24, 2.45) is 0 Å². The molecular weight excluding hydrogens is 430 g/mol. The number of aliphatic hydroxyl groups excluding tert-OH is 1. The van der Waals surface area contributed by atoms with Crippen molar-refractivity contribution in [2.75, 3.05) is 4.90 Å². The predicted octanol–water partition coefficient (Wildman–Crippen LogP) is 5.19. The molecule has 0 aliphatic carbocycles. The number of benzene rings is 2. The molecule has 5 rings (SSSR count). The summed E-state index contributed by atoms with van der Waals surface area (Å²) in [5.41, 5.74) is 1.79. The molecule has 0 spiro atoms. The van der Waals surface area contributed by atoms with Gasteiger partial charge in [0.2, 0.25) is 0 Å². The van der Waals surface area contributed by atoms with Crippen LogP contribution in [0.25, 0.3) is 5.76 Å². The van der Waals surface area contributed by atoms with Gasteiger partial charge < -0.3 is 14.3 Å². The summed E-state index contributed by atoms with van der Waals surface area (Å²) in [6, 6.07) is 14.4. The molecule has 1 amide bonds. The van der Waals surface area contributed by atoms with E-state index in [9.17, 15) is 14.7 Å². The molecular formula is C25H20ClNO5. The molecule has 1 saturated heterocycles. The minimum Gasteiger partial charge on any atom is -0.507 e. The van der Waals surface area contributed by atoms with E-state index < -0.39 is 17.7 Å². The number of nitrogens with zero attached hydrogens (tertiary/aromatic N) is 1. The van der Waals surface area contributed by atoms with Crippen LogP contribution >= 0.6 is 11.6 Å². The number of carbonyl (C=O) groups excluding carboxylic acids is 2. The third-order valence-electron chi connectivity index (χ3n) is 5.73. The number of rotatable bonds is 3. The molecule has 2 aromatic carbocycles. The van der Waals surface area contributed by atoms with Crippen LogP contribution in [0.4, 0.5) is 5.69 Å². The minimum absolute atomic E-state index is 0.0313. The van der Waals surface area contributed by atoms with Crippen LogP contribution in [0.3, 0.4) is 0 Å². The van der Waals surface area contributed by atoms with Crippen LogP contribution in [0.1, 0.15) is 35.6 Å². The topological polar surface area (TPSA) is 80.0 Å². The molecule has 1 fully saturated rings. The van der Waals surface area contributed by atoms with Gasteiger partial charge in [0.1, 0.15) is 35.2 Å². The fourth-order valence-electron chi connectivity index (χ4n) is 4.32. The number of anilines is 1. The molecule has 7 heteroatoms. The number of halogens is 1. The van der Waals surface area contributed by atoms with Gasteiger partial charge in [0, 0.05) is 22.7 Å². The Balaban J connectivity index is 1.69. The van der Waals surface area contributed by atoms with Gasteiger partial charge in [-0.3, -0.25) is 14.5 Å². The van der Waals surface area contributed by atoms with Crippen LogP contribution in [0, 0.1) is 6.92 Å². The molecule has 0 bridgehead atoms. The number of hydrogen-bond donors (Lipinski definition) is 1. The number of aliphatic hydroxyl groups is 1. The molecule has 2 aliphatic rings. The molecule has 32 heavy (non-hydrogen) atoms. The number of furan rings is 1. The quantitative estimate of drug-likeness (QED) is 0.338. The first-order valence-corrected chi connectivity index (χ1v) is 10.6. The van der Waals surface area contributed by atoms with E-state index in [4.69, 9.17) is 20.8 Å². The normalized spacial score (nSPS) is 21.7. The highest BCUT2D eigenvalue weighted by atomic mass is 35.5. The van der Waals surface area contributed by atoms with Crippen LogP contribution in [0.15, 0.2) is 64.6 Å². The molecule has 2 atom stereocenters. The molecule has 3 heterocycles. The largest absolute Gasteiger partial charge is 0.507 e. The lowest BCUT2D eigenvalue weighted by molar-refractivity contribution is -0.132. The summed E-state index contributed by atoms with van der Waals surface area (Å²) in [5.74, 6) is -0.0414. The highest BCUT2D eigenvalue weighted by Gasteiger charge is 2.48. The van der Waals surface area contributed by atoms with E-state index in [-0.39, 0.29) is 17.4 Å². The van der Waals surface area contributed by atoms with Gasteiger partial charge >= 0.3 is 0 Å². The van der Waals surface area contributed by atoms with E-state index in [1.165, 1.54) is 4.90 Å². The third kappa shape index (κ3) is 3.28. The van der Waals surface area contributed by atoms with Gasteiger partial charge in [0.25, 0.3) is 11.7 Å². The van der Waals surface area contributed by atoms with E-state index in [1.807, 2.05) is 6.92 Å². The number of fused-ring (bicyclic) bond motifs is 1. The SMILES string of the molecule is Cc1ccc(C2/C(=C(/O)c3ccc4c(c3)CC(C)O4)C(=O)C(=O)N2c2cccc(Cl)c2)o1. The van der Waals surface area contributed by atoms with E-state index in [0.717, 1.165) is 11.3 Å². The molecule has 3 aromatic rings. The van der Waals surface area contributed by atoms with Gasteiger partial charge in [-0.15, -0.1) is 0 Å². The van der Waals surface area contributed by atoms with Crippen LogP contribution in [-0.2, 0) is 16.0 Å². The molecule has 1 aromatic heterocycles. The van der Waals surface area contributed by atoms with Crippen LogP contribution < -0.4 is 9.64 Å². The summed E-state index contributed by atoms with van der Waals surface area (Å²) in [5, 5.41) is 11.7. The third-order valence-corrected chi connectivity index (χ3v) is 5.97. The van der Waals surface area contributed by atoms with Gasteiger partial charge in [0.15, 0.2) is 0 Å². The lowest BCUT2D eigenvalue weighted by Crippen LogP contribution is -2.29. The monoisotopic (exact) mass is 449 g/mol. The van der Waals surface area contributed by atoms with Crippen molar-refractivity contribution < 1.29 is 23.8 Å². The molecule has 2 unspecified atom stereocenters. The maximum atomic E-state index is 13.2. The van der Waals surface area contributed by atoms with Crippen molar-refractivity contribution in [3.8, 4) is 5.75 Å². The molecule has 2 aliphatic heterocycles. The Labute approximate surface area is 189 Å². The Morgan fingerprint density at radius 2 is 1.94 bits per heavy atom. The average molecular weight is 450 g/mol. The van der Waals surface area contributed by atoms with Gasteiger partial charge in [0.05, 0.1) is 5.57 Å². The van der Waals surface area contributed by atoms with Crippen molar-refractivity contribution in [1.29, 1.82) is 0 Å². The van der Waals surface area contributed by atoms with Crippen LogP contribution in [0.5, 0.6) is 5.75 Å². The Morgan fingerprint density at radius 3 is 2.66 bits per heavy atom. The van der Waals surface area contributed by atoms with Crippen molar-refractivity contribution in [2.45, 2.75) is 32.4 Å². The molecule has 162 valence electrons. The van der Waals surface area contributed by atoms with Crippen LogP contribution in [-0.4, -0.2) is 22.9 Å². The lowest BCUT2D eigenvalue weighted by Gasteiger charge is -2.23. The average Bonchev–Trinajstić information content (AvgIpc) is 3.42. The number of hydrogen-bond acceptors (Lipinski definition) is 5. The number of ketones is 1. The first kappa shape index (κ1) is 20.4. The highest BCUT2D eigenvalue weighted by molar-refractivity contribution is 6.51. The van der Waals surface area contributed by atoms with Gasteiger partial charge in [-0.1, -0.05) is 17.7 Å². The second-order valence-corrected chi connectivity index (χ2v) is 8.49. The van der Waals surface area contributed by atoms with Gasteiger partial charge in [-0.05, 0) is 67.9 Å².